The summed E-state index contributed by atoms with van der Waals surface area (Å²) in [6.45, 7) is 13.6. The first-order valence-electron chi connectivity index (χ1n) is 8.75. The molecule has 0 fully saturated rings. The molecule has 0 saturated carbocycles. The molecule has 2 atom stereocenters. The van der Waals surface area contributed by atoms with E-state index in [2.05, 4.69) is 18.8 Å². The maximum atomic E-state index is 13.1. The van der Waals surface area contributed by atoms with Crippen molar-refractivity contribution in [3.63, 3.8) is 0 Å². The summed E-state index contributed by atoms with van der Waals surface area (Å²) in [5.41, 5.74) is 0.0916. The predicted octanol–water partition coefficient (Wildman–Crippen LogP) is 3.37. The number of nitrogens with zero attached hydrogens (tertiary/aromatic N) is 1. The molecule has 0 radical (unpaired) electrons. The molecule has 1 N–H and O–H groups in total. The van der Waals surface area contributed by atoms with Crippen LogP contribution >= 0.6 is 0 Å². The van der Waals surface area contributed by atoms with Gasteiger partial charge in [-0.1, -0.05) is 54.0 Å². The molecule has 0 aliphatic carbocycles. The zero-order valence-corrected chi connectivity index (χ0v) is 15.9. The molecule has 0 bridgehead atoms. The Bertz CT molecular complexity index is 517. The smallest absolute Gasteiger partial charge is 0.250 e. The minimum atomic E-state index is -0.539. The maximum absolute atomic E-state index is 13.1. The SMILES string of the molecule is C=C1C=C(OC)[C@H](CCC)N1C(=O)[C@H](CCC)NC(=O)C(C)(C)C. The summed E-state index contributed by atoms with van der Waals surface area (Å²) in [6, 6.07) is -0.673. The number of nitrogens with one attached hydrogen (secondary N) is 1. The van der Waals surface area contributed by atoms with Gasteiger partial charge >= 0.3 is 0 Å². The van der Waals surface area contributed by atoms with Crippen molar-refractivity contribution >= 4 is 11.8 Å². The Hall–Kier alpha value is -1.78. The molecule has 0 aromatic rings. The van der Waals surface area contributed by atoms with Gasteiger partial charge in [-0.15, -0.1) is 0 Å². The van der Waals surface area contributed by atoms with Gasteiger partial charge in [-0.2, -0.15) is 0 Å². The van der Waals surface area contributed by atoms with Gasteiger partial charge in [-0.3, -0.25) is 9.59 Å². The number of hydrogen-bond acceptors (Lipinski definition) is 3. The van der Waals surface area contributed by atoms with Crippen LogP contribution < -0.4 is 5.32 Å². The lowest BCUT2D eigenvalue weighted by Gasteiger charge is -2.32. The van der Waals surface area contributed by atoms with Gasteiger partial charge in [-0.05, 0) is 12.8 Å². The fraction of sp³-hybridized carbons (Fsp3) is 0.684. The van der Waals surface area contributed by atoms with E-state index in [1.165, 1.54) is 0 Å². The van der Waals surface area contributed by atoms with Crippen LogP contribution in [0.5, 0.6) is 0 Å². The highest BCUT2D eigenvalue weighted by atomic mass is 16.5. The second-order valence-electron chi connectivity index (χ2n) is 7.32. The monoisotopic (exact) mass is 336 g/mol. The minimum absolute atomic E-state index is 0.110. The summed E-state index contributed by atoms with van der Waals surface area (Å²) in [5.74, 6) is 0.528. The Labute approximate surface area is 146 Å². The summed E-state index contributed by atoms with van der Waals surface area (Å²) < 4.78 is 5.42. The molecule has 0 aromatic carbocycles. The largest absolute Gasteiger partial charge is 0.499 e. The Balaban J connectivity index is 3.01. The number of carbonyl (C=O) groups is 2. The van der Waals surface area contributed by atoms with Crippen LogP contribution in [0.4, 0.5) is 0 Å². The van der Waals surface area contributed by atoms with E-state index in [-0.39, 0.29) is 17.9 Å². The Morgan fingerprint density at radius 2 is 1.96 bits per heavy atom. The number of carbonyl (C=O) groups excluding carboxylic acids is 2. The van der Waals surface area contributed by atoms with E-state index < -0.39 is 11.5 Å². The Morgan fingerprint density at radius 1 is 1.33 bits per heavy atom. The van der Waals surface area contributed by atoms with Crippen LogP contribution in [-0.2, 0) is 14.3 Å². The first-order chi connectivity index (χ1) is 11.2. The van der Waals surface area contributed by atoms with Crippen molar-refractivity contribution in [3.05, 3.63) is 24.1 Å². The number of rotatable bonds is 7. The second kappa shape index (κ2) is 8.36. The minimum Gasteiger partial charge on any atom is -0.499 e. The van der Waals surface area contributed by atoms with Crippen molar-refractivity contribution in [2.75, 3.05) is 7.11 Å². The van der Waals surface area contributed by atoms with Gasteiger partial charge in [0.2, 0.25) is 11.8 Å². The van der Waals surface area contributed by atoms with Gasteiger partial charge in [-0.25, -0.2) is 0 Å². The summed E-state index contributed by atoms with van der Waals surface area (Å²) >= 11 is 0. The zero-order valence-electron chi connectivity index (χ0n) is 15.9. The number of hydrogen-bond donors (Lipinski definition) is 1. The third-order valence-electron chi connectivity index (χ3n) is 4.16. The predicted molar refractivity (Wildman–Crippen MR) is 96.1 cm³/mol. The lowest BCUT2D eigenvalue weighted by molar-refractivity contribution is -0.138. The van der Waals surface area contributed by atoms with Crippen molar-refractivity contribution in [2.45, 2.75) is 72.4 Å². The van der Waals surface area contributed by atoms with Gasteiger partial charge < -0.3 is 15.0 Å². The molecule has 5 nitrogen and oxygen atoms in total. The van der Waals surface area contributed by atoms with Crippen molar-refractivity contribution < 1.29 is 14.3 Å². The van der Waals surface area contributed by atoms with E-state index >= 15 is 0 Å². The fourth-order valence-corrected chi connectivity index (χ4v) is 2.78. The van der Waals surface area contributed by atoms with Gasteiger partial charge in [0.1, 0.15) is 11.8 Å². The molecule has 0 unspecified atom stereocenters. The van der Waals surface area contributed by atoms with E-state index in [0.29, 0.717) is 12.1 Å². The summed E-state index contributed by atoms with van der Waals surface area (Å²) in [4.78, 5) is 27.1. The van der Waals surface area contributed by atoms with Gasteiger partial charge in [0, 0.05) is 17.2 Å². The van der Waals surface area contributed by atoms with Gasteiger partial charge in [0.05, 0.1) is 13.2 Å². The summed E-state index contributed by atoms with van der Waals surface area (Å²) in [7, 11) is 1.61. The first-order valence-corrected chi connectivity index (χ1v) is 8.75. The Kier molecular flexibility index (Phi) is 7.06. The van der Waals surface area contributed by atoms with Crippen LogP contribution in [-0.4, -0.2) is 35.9 Å². The van der Waals surface area contributed by atoms with E-state index in [4.69, 9.17) is 4.74 Å². The average molecular weight is 336 g/mol. The first kappa shape index (κ1) is 20.3. The average Bonchev–Trinajstić information content (AvgIpc) is 2.81. The highest BCUT2D eigenvalue weighted by Gasteiger charge is 2.38. The topological polar surface area (TPSA) is 58.6 Å². The zero-order chi connectivity index (χ0) is 18.5. The summed E-state index contributed by atoms with van der Waals surface area (Å²) in [5, 5.41) is 2.92. The van der Waals surface area contributed by atoms with E-state index in [1.807, 2.05) is 33.8 Å². The molecule has 1 aliphatic heterocycles. The molecule has 5 heteroatoms. The molecular weight excluding hydrogens is 304 g/mol. The van der Waals surface area contributed by atoms with Crippen LogP contribution in [0.15, 0.2) is 24.1 Å². The van der Waals surface area contributed by atoms with Gasteiger partial charge in [0.25, 0.3) is 0 Å². The highest BCUT2D eigenvalue weighted by molar-refractivity contribution is 5.91. The molecule has 1 heterocycles. The molecular formula is C19H32N2O3. The van der Waals surface area contributed by atoms with Crippen LogP contribution in [0.1, 0.15) is 60.3 Å². The molecule has 1 aliphatic rings. The molecule has 24 heavy (non-hydrogen) atoms. The third-order valence-corrected chi connectivity index (χ3v) is 4.16. The van der Waals surface area contributed by atoms with Crippen LogP contribution in [0, 0.1) is 5.41 Å². The maximum Gasteiger partial charge on any atom is 0.250 e. The quantitative estimate of drug-likeness (QED) is 0.775. The van der Waals surface area contributed by atoms with Gasteiger partial charge in [0.15, 0.2) is 0 Å². The number of allylic oxidation sites excluding steroid dienone is 1. The number of amides is 2. The standard InChI is InChI=1S/C19H32N2O3/c1-8-10-14(20-18(23)19(4,5)6)17(22)21-13(3)12-16(24-7)15(21)11-9-2/h12,14-15H,3,8-11H2,1-2,4-7H3,(H,20,23)/t14-,15-/m0/s1. The fourth-order valence-electron chi connectivity index (χ4n) is 2.78. The Morgan fingerprint density at radius 3 is 2.42 bits per heavy atom. The summed E-state index contributed by atoms with van der Waals surface area (Å²) in [6.07, 6.45) is 4.95. The van der Waals surface area contributed by atoms with Crippen LogP contribution in [0.3, 0.4) is 0 Å². The number of ether oxygens (including phenoxy) is 1. The van der Waals surface area contributed by atoms with E-state index in [0.717, 1.165) is 25.0 Å². The van der Waals surface area contributed by atoms with Crippen molar-refractivity contribution in [2.24, 2.45) is 5.41 Å². The molecule has 0 spiro atoms. The molecule has 136 valence electrons. The van der Waals surface area contributed by atoms with E-state index in [1.54, 1.807) is 12.0 Å². The second-order valence-corrected chi connectivity index (χ2v) is 7.32. The molecule has 0 aromatic heterocycles. The lowest BCUT2D eigenvalue weighted by atomic mass is 9.94. The molecule has 0 saturated heterocycles. The molecule has 1 rings (SSSR count). The van der Waals surface area contributed by atoms with Crippen molar-refractivity contribution in [1.82, 2.24) is 10.2 Å². The van der Waals surface area contributed by atoms with Crippen molar-refractivity contribution in [1.29, 1.82) is 0 Å². The van der Waals surface area contributed by atoms with E-state index in [9.17, 15) is 9.59 Å². The lowest BCUT2D eigenvalue weighted by Crippen LogP contribution is -2.52. The third kappa shape index (κ3) is 4.62. The van der Waals surface area contributed by atoms with Crippen LogP contribution in [0.2, 0.25) is 0 Å². The number of methoxy groups -OCH3 is 1. The van der Waals surface area contributed by atoms with Crippen molar-refractivity contribution in [3.8, 4) is 0 Å². The normalized spacial score (nSPS) is 19.1. The highest BCUT2D eigenvalue weighted by Crippen LogP contribution is 2.30. The molecule has 2 amide bonds. The van der Waals surface area contributed by atoms with Crippen LogP contribution in [0.25, 0.3) is 0 Å².